The van der Waals surface area contributed by atoms with Crippen LogP contribution in [0.2, 0.25) is 0 Å². The van der Waals surface area contributed by atoms with Crippen LogP contribution in [0.5, 0.6) is 0 Å². The Morgan fingerprint density at radius 2 is 2.07 bits per heavy atom. The lowest BCUT2D eigenvalue weighted by molar-refractivity contribution is 0.119. The van der Waals surface area contributed by atoms with E-state index >= 15 is 0 Å². The van der Waals surface area contributed by atoms with Crippen molar-refractivity contribution in [2.45, 2.75) is 44.6 Å². The summed E-state index contributed by atoms with van der Waals surface area (Å²) in [6, 6.07) is 10.4. The predicted molar refractivity (Wildman–Crippen MR) is 62.7 cm³/mol. The van der Waals surface area contributed by atoms with E-state index in [9.17, 15) is 5.11 Å². The summed E-state index contributed by atoms with van der Waals surface area (Å²) in [5.41, 5.74) is 1.01. The molecule has 2 rings (SSSR count). The Labute approximate surface area is 92.1 Å². The van der Waals surface area contributed by atoms with Crippen molar-refractivity contribution in [3.63, 3.8) is 0 Å². The van der Waals surface area contributed by atoms with Crippen LogP contribution in [-0.4, -0.2) is 10.7 Å². The van der Waals surface area contributed by atoms with Gasteiger partial charge in [-0.05, 0) is 37.2 Å². The summed E-state index contributed by atoms with van der Waals surface area (Å²) in [5, 5.41) is 10.2. The molecule has 0 bridgehead atoms. The smallest absolute Gasteiger partial charge is 0.0683 e. The van der Waals surface area contributed by atoms with E-state index in [1.807, 2.05) is 6.07 Å². The lowest BCUT2D eigenvalue weighted by atomic mass is 10.0. The van der Waals surface area contributed by atoms with E-state index in [2.05, 4.69) is 31.2 Å². The Bertz CT molecular complexity index is 306. The molecule has 0 heterocycles. The average Bonchev–Trinajstić information content (AvgIpc) is 2.90. The van der Waals surface area contributed by atoms with Crippen LogP contribution in [-0.2, 0) is 6.42 Å². The highest BCUT2D eigenvalue weighted by molar-refractivity contribution is 5.16. The standard InChI is InChI=1S/C14H20O/c1-2-6-13-11-14(13,15)10-9-12-7-4-3-5-8-12/h3-5,7-8,13,15H,2,6,9-11H2,1H3. The fourth-order valence-corrected chi connectivity index (χ4v) is 2.40. The lowest BCUT2D eigenvalue weighted by Gasteiger charge is -2.09. The average molecular weight is 204 g/mol. The molecule has 0 saturated heterocycles. The quantitative estimate of drug-likeness (QED) is 0.781. The number of benzene rings is 1. The van der Waals surface area contributed by atoms with Crippen LogP contribution in [0.3, 0.4) is 0 Å². The van der Waals surface area contributed by atoms with Gasteiger partial charge in [-0.1, -0.05) is 43.7 Å². The number of aryl methyl sites for hydroxylation is 1. The van der Waals surface area contributed by atoms with Crippen LogP contribution >= 0.6 is 0 Å². The Kier molecular flexibility index (Phi) is 3.11. The largest absolute Gasteiger partial charge is 0.390 e. The second-order valence-electron chi connectivity index (χ2n) is 4.78. The first-order valence-corrected chi connectivity index (χ1v) is 6.01. The lowest BCUT2D eigenvalue weighted by Crippen LogP contribution is -2.12. The van der Waals surface area contributed by atoms with Gasteiger partial charge in [-0.15, -0.1) is 0 Å². The minimum atomic E-state index is -0.328. The molecule has 1 nitrogen and oxygen atoms in total. The zero-order chi connectivity index (χ0) is 10.7. The molecule has 1 N–H and O–H groups in total. The maximum atomic E-state index is 10.2. The normalized spacial score (nSPS) is 29.1. The number of rotatable bonds is 5. The van der Waals surface area contributed by atoms with Crippen molar-refractivity contribution in [3.8, 4) is 0 Å². The van der Waals surface area contributed by atoms with Gasteiger partial charge in [0.15, 0.2) is 0 Å². The molecule has 2 unspecified atom stereocenters. The van der Waals surface area contributed by atoms with Crippen molar-refractivity contribution in [3.05, 3.63) is 35.9 Å². The first-order chi connectivity index (χ1) is 7.24. The van der Waals surface area contributed by atoms with Gasteiger partial charge in [-0.2, -0.15) is 0 Å². The van der Waals surface area contributed by atoms with E-state index in [4.69, 9.17) is 0 Å². The molecular weight excluding hydrogens is 184 g/mol. The maximum Gasteiger partial charge on any atom is 0.0683 e. The second-order valence-corrected chi connectivity index (χ2v) is 4.78. The van der Waals surface area contributed by atoms with Crippen LogP contribution < -0.4 is 0 Å². The van der Waals surface area contributed by atoms with Crippen LogP contribution in [0.15, 0.2) is 30.3 Å². The van der Waals surface area contributed by atoms with Gasteiger partial charge in [0.1, 0.15) is 0 Å². The first kappa shape index (κ1) is 10.7. The van der Waals surface area contributed by atoms with Crippen LogP contribution in [0.25, 0.3) is 0 Å². The van der Waals surface area contributed by atoms with Crippen molar-refractivity contribution in [1.82, 2.24) is 0 Å². The summed E-state index contributed by atoms with van der Waals surface area (Å²) in [6.07, 6.45) is 5.34. The monoisotopic (exact) mass is 204 g/mol. The molecule has 2 atom stereocenters. The number of aliphatic hydroxyl groups is 1. The second kappa shape index (κ2) is 4.36. The molecule has 1 aliphatic carbocycles. The summed E-state index contributed by atoms with van der Waals surface area (Å²) in [5.74, 6) is 0.575. The Morgan fingerprint density at radius 3 is 2.73 bits per heavy atom. The molecule has 1 aromatic carbocycles. The summed E-state index contributed by atoms with van der Waals surface area (Å²) in [4.78, 5) is 0. The summed E-state index contributed by atoms with van der Waals surface area (Å²) < 4.78 is 0. The van der Waals surface area contributed by atoms with Crippen LogP contribution in [0, 0.1) is 5.92 Å². The van der Waals surface area contributed by atoms with E-state index in [0.717, 1.165) is 19.3 Å². The minimum Gasteiger partial charge on any atom is -0.390 e. The molecule has 82 valence electrons. The fourth-order valence-electron chi connectivity index (χ4n) is 2.40. The van der Waals surface area contributed by atoms with Gasteiger partial charge >= 0.3 is 0 Å². The summed E-state index contributed by atoms with van der Waals surface area (Å²) >= 11 is 0. The maximum absolute atomic E-state index is 10.2. The zero-order valence-electron chi connectivity index (χ0n) is 9.45. The van der Waals surface area contributed by atoms with Crippen molar-refractivity contribution in [2.75, 3.05) is 0 Å². The fraction of sp³-hybridized carbons (Fsp3) is 0.571. The van der Waals surface area contributed by atoms with Crippen molar-refractivity contribution < 1.29 is 5.11 Å². The zero-order valence-corrected chi connectivity index (χ0v) is 9.45. The van der Waals surface area contributed by atoms with Crippen molar-refractivity contribution in [1.29, 1.82) is 0 Å². The third kappa shape index (κ3) is 2.60. The Balaban J connectivity index is 1.80. The predicted octanol–water partition coefficient (Wildman–Crippen LogP) is 3.17. The molecule has 0 amide bonds. The minimum absolute atomic E-state index is 0.328. The Hall–Kier alpha value is -0.820. The highest BCUT2D eigenvalue weighted by Gasteiger charge is 2.50. The van der Waals surface area contributed by atoms with Gasteiger partial charge in [0, 0.05) is 0 Å². The van der Waals surface area contributed by atoms with Gasteiger partial charge in [0.05, 0.1) is 5.60 Å². The van der Waals surface area contributed by atoms with Crippen molar-refractivity contribution >= 4 is 0 Å². The van der Waals surface area contributed by atoms with Crippen LogP contribution in [0.4, 0.5) is 0 Å². The SMILES string of the molecule is CCCC1CC1(O)CCc1ccccc1. The van der Waals surface area contributed by atoms with Gasteiger partial charge in [0.25, 0.3) is 0 Å². The molecule has 1 aromatic rings. The third-order valence-corrected chi connectivity index (χ3v) is 3.53. The molecule has 1 heteroatoms. The molecule has 0 aliphatic heterocycles. The highest BCUT2D eigenvalue weighted by Crippen LogP contribution is 2.49. The summed E-state index contributed by atoms with van der Waals surface area (Å²) in [7, 11) is 0. The van der Waals surface area contributed by atoms with Gasteiger partial charge < -0.3 is 5.11 Å². The molecule has 1 aliphatic rings. The van der Waals surface area contributed by atoms with E-state index in [0.29, 0.717) is 5.92 Å². The van der Waals surface area contributed by atoms with Crippen molar-refractivity contribution in [2.24, 2.45) is 5.92 Å². The van der Waals surface area contributed by atoms with E-state index in [1.54, 1.807) is 0 Å². The molecule has 1 fully saturated rings. The first-order valence-electron chi connectivity index (χ1n) is 6.01. The van der Waals surface area contributed by atoms with E-state index in [1.165, 1.54) is 18.4 Å². The van der Waals surface area contributed by atoms with E-state index < -0.39 is 0 Å². The molecule has 0 radical (unpaired) electrons. The van der Waals surface area contributed by atoms with E-state index in [-0.39, 0.29) is 5.60 Å². The van der Waals surface area contributed by atoms with Crippen LogP contribution in [0.1, 0.15) is 38.2 Å². The van der Waals surface area contributed by atoms with Gasteiger partial charge in [-0.3, -0.25) is 0 Å². The highest BCUT2D eigenvalue weighted by atomic mass is 16.3. The van der Waals surface area contributed by atoms with Gasteiger partial charge in [-0.25, -0.2) is 0 Å². The molecule has 15 heavy (non-hydrogen) atoms. The molecular formula is C14H20O. The molecule has 0 aromatic heterocycles. The molecule has 0 spiro atoms. The Morgan fingerprint density at radius 1 is 1.33 bits per heavy atom. The summed E-state index contributed by atoms with van der Waals surface area (Å²) in [6.45, 7) is 2.19. The number of hydrogen-bond donors (Lipinski definition) is 1. The molecule has 1 saturated carbocycles. The topological polar surface area (TPSA) is 20.2 Å². The third-order valence-electron chi connectivity index (χ3n) is 3.53. The number of hydrogen-bond acceptors (Lipinski definition) is 1. The van der Waals surface area contributed by atoms with Gasteiger partial charge in [0.2, 0.25) is 0 Å².